The van der Waals surface area contributed by atoms with Crippen molar-refractivity contribution in [3.63, 3.8) is 0 Å². The summed E-state index contributed by atoms with van der Waals surface area (Å²) in [4.78, 5) is 27.1. The highest BCUT2D eigenvalue weighted by molar-refractivity contribution is 9.10. The van der Waals surface area contributed by atoms with Gasteiger partial charge in [-0.25, -0.2) is 8.42 Å². The SMILES string of the molecule is NCCNC(=O)C1N(C(=O)c2cccc(Br)c2)CCN1S(=O)(=O)c1cccs1. The van der Waals surface area contributed by atoms with Gasteiger partial charge >= 0.3 is 0 Å². The van der Waals surface area contributed by atoms with Crippen molar-refractivity contribution in [2.45, 2.75) is 10.4 Å². The molecular formula is C17H19BrN4O4S2. The molecule has 150 valence electrons. The average molecular weight is 487 g/mol. The maximum Gasteiger partial charge on any atom is 0.259 e. The van der Waals surface area contributed by atoms with Crippen molar-refractivity contribution < 1.29 is 18.0 Å². The molecule has 2 aromatic rings. The van der Waals surface area contributed by atoms with Gasteiger partial charge in [-0.1, -0.05) is 28.1 Å². The quantitative estimate of drug-likeness (QED) is 0.633. The van der Waals surface area contributed by atoms with Gasteiger partial charge in [-0.2, -0.15) is 4.31 Å². The Kier molecular flexibility index (Phi) is 6.50. The number of rotatable bonds is 6. The predicted octanol–water partition coefficient (Wildman–Crippen LogP) is 1.06. The number of hydrogen-bond acceptors (Lipinski definition) is 6. The lowest BCUT2D eigenvalue weighted by atomic mass is 10.2. The molecule has 1 aliphatic rings. The van der Waals surface area contributed by atoms with E-state index >= 15 is 0 Å². The summed E-state index contributed by atoms with van der Waals surface area (Å²) in [6.07, 6.45) is -1.27. The summed E-state index contributed by atoms with van der Waals surface area (Å²) >= 11 is 4.38. The summed E-state index contributed by atoms with van der Waals surface area (Å²) < 4.78 is 28.0. The highest BCUT2D eigenvalue weighted by Crippen LogP contribution is 2.28. The van der Waals surface area contributed by atoms with Crippen LogP contribution in [0.3, 0.4) is 0 Å². The largest absolute Gasteiger partial charge is 0.352 e. The zero-order chi connectivity index (χ0) is 20.3. The van der Waals surface area contributed by atoms with Gasteiger partial charge in [0.2, 0.25) is 0 Å². The summed E-state index contributed by atoms with van der Waals surface area (Å²) in [6, 6.07) is 9.85. The van der Waals surface area contributed by atoms with E-state index in [4.69, 9.17) is 5.73 Å². The molecule has 28 heavy (non-hydrogen) atoms. The van der Waals surface area contributed by atoms with E-state index in [1.165, 1.54) is 11.0 Å². The molecule has 0 radical (unpaired) electrons. The lowest BCUT2D eigenvalue weighted by Gasteiger charge is -2.28. The maximum absolute atomic E-state index is 13.0. The number of benzene rings is 1. The molecule has 0 saturated carbocycles. The Hall–Kier alpha value is -1.79. The fraction of sp³-hybridized carbons (Fsp3) is 0.294. The van der Waals surface area contributed by atoms with E-state index in [2.05, 4.69) is 21.2 Å². The van der Waals surface area contributed by atoms with Gasteiger partial charge < -0.3 is 16.0 Å². The minimum Gasteiger partial charge on any atom is -0.352 e. The van der Waals surface area contributed by atoms with Crippen molar-refractivity contribution in [1.29, 1.82) is 0 Å². The molecule has 3 N–H and O–H groups in total. The second-order valence-corrected chi connectivity index (χ2v) is 9.99. The van der Waals surface area contributed by atoms with Crippen LogP contribution in [0.2, 0.25) is 0 Å². The number of sulfonamides is 1. The molecule has 1 atom stereocenters. The zero-order valence-corrected chi connectivity index (χ0v) is 18.0. The number of carbonyl (C=O) groups is 2. The first-order chi connectivity index (χ1) is 13.4. The molecule has 8 nitrogen and oxygen atoms in total. The lowest BCUT2D eigenvalue weighted by Crippen LogP contribution is -2.54. The normalized spacial score (nSPS) is 17.6. The smallest absolute Gasteiger partial charge is 0.259 e. The minimum atomic E-state index is -3.91. The summed E-state index contributed by atoms with van der Waals surface area (Å²) in [5, 5.41) is 4.25. The monoisotopic (exact) mass is 486 g/mol. The molecule has 3 rings (SSSR count). The van der Waals surface area contributed by atoms with Crippen molar-refractivity contribution in [2.75, 3.05) is 26.2 Å². The Labute approximate surface area is 175 Å². The van der Waals surface area contributed by atoms with Crippen LogP contribution in [-0.2, 0) is 14.8 Å². The number of thiophene rings is 1. The Bertz CT molecular complexity index is 965. The van der Waals surface area contributed by atoms with Gasteiger partial charge in [0.15, 0.2) is 6.17 Å². The molecular weight excluding hydrogens is 468 g/mol. The van der Waals surface area contributed by atoms with Gasteiger partial charge in [0.05, 0.1) is 0 Å². The molecule has 2 heterocycles. The van der Waals surface area contributed by atoms with Crippen LogP contribution in [0, 0.1) is 0 Å². The first kappa shape index (κ1) is 20.9. The van der Waals surface area contributed by atoms with Crippen molar-refractivity contribution >= 4 is 49.1 Å². The summed E-state index contributed by atoms with van der Waals surface area (Å²) in [6.45, 7) is 0.522. The predicted molar refractivity (Wildman–Crippen MR) is 109 cm³/mol. The van der Waals surface area contributed by atoms with E-state index in [0.717, 1.165) is 15.6 Å². The fourth-order valence-electron chi connectivity index (χ4n) is 2.94. The Morgan fingerprint density at radius 2 is 2.04 bits per heavy atom. The number of nitrogens with two attached hydrogens (primary N) is 1. The molecule has 1 fully saturated rings. The average Bonchev–Trinajstić information content (AvgIpc) is 3.35. The van der Waals surface area contributed by atoms with Crippen LogP contribution in [0.1, 0.15) is 10.4 Å². The summed E-state index contributed by atoms with van der Waals surface area (Å²) in [7, 11) is -3.91. The van der Waals surface area contributed by atoms with Crippen LogP contribution < -0.4 is 11.1 Å². The number of nitrogens with zero attached hydrogens (tertiary/aromatic N) is 2. The molecule has 1 unspecified atom stereocenters. The van der Waals surface area contributed by atoms with Gasteiger partial charge in [-0.05, 0) is 29.6 Å². The molecule has 1 aliphatic heterocycles. The van der Waals surface area contributed by atoms with Gasteiger partial charge in [0, 0.05) is 36.2 Å². The number of hydrogen-bond donors (Lipinski definition) is 2. The van der Waals surface area contributed by atoms with E-state index < -0.39 is 28.0 Å². The molecule has 1 saturated heterocycles. The summed E-state index contributed by atoms with van der Waals surface area (Å²) in [5.41, 5.74) is 5.81. The van der Waals surface area contributed by atoms with E-state index in [-0.39, 0.29) is 30.4 Å². The third-order valence-corrected chi connectivity index (χ3v) is 7.92. The first-order valence-corrected chi connectivity index (χ1v) is 11.6. The maximum atomic E-state index is 13.0. The summed E-state index contributed by atoms with van der Waals surface area (Å²) in [5.74, 6) is -0.996. The van der Waals surface area contributed by atoms with E-state index in [9.17, 15) is 18.0 Å². The minimum absolute atomic E-state index is 0.0285. The van der Waals surface area contributed by atoms with E-state index in [1.807, 2.05) is 0 Å². The standard InChI is InChI=1S/C17H19BrN4O4S2/c18-13-4-1-3-12(11-13)17(24)21-8-9-22(16(21)15(23)20-7-6-19)28(25,26)14-5-2-10-27-14/h1-5,10-11,16H,6-9,19H2,(H,20,23). The van der Waals surface area contributed by atoms with E-state index in [1.54, 1.807) is 35.7 Å². The molecule has 2 amide bonds. The van der Waals surface area contributed by atoms with Crippen molar-refractivity contribution in [3.8, 4) is 0 Å². The molecule has 1 aromatic carbocycles. The van der Waals surface area contributed by atoms with Crippen LogP contribution in [0.25, 0.3) is 0 Å². The fourth-order valence-corrected chi connectivity index (χ4v) is 6.01. The third kappa shape index (κ3) is 4.13. The van der Waals surface area contributed by atoms with Gasteiger partial charge in [0.25, 0.3) is 21.8 Å². The van der Waals surface area contributed by atoms with Crippen molar-refractivity contribution in [2.24, 2.45) is 5.73 Å². The van der Waals surface area contributed by atoms with Crippen LogP contribution in [-0.4, -0.2) is 61.8 Å². The van der Waals surface area contributed by atoms with Crippen LogP contribution in [0.4, 0.5) is 0 Å². The topological polar surface area (TPSA) is 113 Å². The van der Waals surface area contributed by atoms with Gasteiger partial charge in [0.1, 0.15) is 4.21 Å². The molecule has 1 aromatic heterocycles. The van der Waals surface area contributed by atoms with Crippen LogP contribution in [0.5, 0.6) is 0 Å². The molecule has 0 aliphatic carbocycles. The zero-order valence-electron chi connectivity index (χ0n) is 14.7. The Balaban J connectivity index is 1.96. The second-order valence-electron chi connectivity index (χ2n) is 6.01. The van der Waals surface area contributed by atoms with Gasteiger partial charge in [-0.3, -0.25) is 9.59 Å². The number of nitrogens with one attached hydrogen (secondary N) is 1. The highest BCUT2D eigenvalue weighted by atomic mass is 79.9. The lowest BCUT2D eigenvalue weighted by molar-refractivity contribution is -0.127. The third-order valence-electron chi connectivity index (χ3n) is 4.20. The number of carbonyl (C=O) groups excluding carboxylic acids is 2. The molecule has 0 spiro atoms. The van der Waals surface area contributed by atoms with Gasteiger partial charge in [-0.15, -0.1) is 11.3 Å². The Morgan fingerprint density at radius 3 is 2.68 bits per heavy atom. The number of amides is 2. The molecule has 11 heteroatoms. The Morgan fingerprint density at radius 1 is 1.25 bits per heavy atom. The van der Waals surface area contributed by atoms with Crippen molar-refractivity contribution in [3.05, 3.63) is 51.8 Å². The highest BCUT2D eigenvalue weighted by Gasteiger charge is 2.46. The number of halogens is 1. The van der Waals surface area contributed by atoms with Crippen molar-refractivity contribution in [1.82, 2.24) is 14.5 Å². The first-order valence-electron chi connectivity index (χ1n) is 8.46. The van der Waals surface area contributed by atoms with Crippen LogP contribution >= 0.6 is 27.3 Å². The van der Waals surface area contributed by atoms with E-state index in [0.29, 0.717) is 10.0 Å². The second kappa shape index (κ2) is 8.70. The van der Waals surface area contributed by atoms with Crippen LogP contribution in [0.15, 0.2) is 50.5 Å². The molecule has 0 bridgehead atoms.